The number of benzene rings is 2. The van der Waals surface area contributed by atoms with Crippen LogP contribution in [-0.4, -0.2) is 37.5 Å². The van der Waals surface area contributed by atoms with E-state index in [4.69, 9.17) is 9.47 Å². The van der Waals surface area contributed by atoms with Crippen molar-refractivity contribution in [1.29, 1.82) is 0 Å². The van der Waals surface area contributed by atoms with Crippen LogP contribution in [0.5, 0.6) is 11.5 Å². The van der Waals surface area contributed by atoms with Crippen LogP contribution in [0.4, 0.5) is 0 Å². The van der Waals surface area contributed by atoms with Crippen molar-refractivity contribution < 1.29 is 19.1 Å². The van der Waals surface area contributed by atoms with E-state index in [0.717, 1.165) is 29.5 Å². The van der Waals surface area contributed by atoms with Crippen molar-refractivity contribution in [1.82, 2.24) is 10.2 Å². The lowest BCUT2D eigenvalue weighted by Crippen LogP contribution is -2.38. The van der Waals surface area contributed by atoms with Crippen molar-refractivity contribution in [2.45, 2.75) is 25.4 Å². The third-order valence-corrected chi connectivity index (χ3v) is 5.29. The molecule has 0 fully saturated rings. The van der Waals surface area contributed by atoms with Crippen LogP contribution in [0.3, 0.4) is 0 Å². The molecule has 0 spiro atoms. The fraction of sp³-hybridized carbons (Fsp3) is 0.333. The van der Waals surface area contributed by atoms with E-state index >= 15 is 0 Å². The van der Waals surface area contributed by atoms with Gasteiger partial charge in [-0.05, 0) is 47.7 Å². The molecule has 0 saturated heterocycles. The molecule has 4 rings (SSSR count). The SMILES string of the molecule is COc1cc2c(cc1OC)[C@@H](NC(=O)CN1Cc3ccccc3C1=O)CC2. The Morgan fingerprint density at radius 1 is 1.15 bits per heavy atom. The maximum atomic E-state index is 12.6. The van der Waals surface area contributed by atoms with Crippen LogP contribution in [0.15, 0.2) is 36.4 Å². The second-order valence-corrected chi connectivity index (χ2v) is 6.88. The van der Waals surface area contributed by atoms with Gasteiger partial charge in [0, 0.05) is 12.1 Å². The van der Waals surface area contributed by atoms with Gasteiger partial charge >= 0.3 is 0 Å². The first kappa shape index (κ1) is 17.4. The molecule has 6 heteroatoms. The van der Waals surface area contributed by atoms with Crippen LogP contribution in [0.25, 0.3) is 0 Å². The third-order valence-electron chi connectivity index (χ3n) is 5.29. The van der Waals surface area contributed by atoms with E-state index in [1.807, 2.05) is 36.4 Å². The van der Waals surface area contributed by atoms with Crippen LogP contribution in [0.2, 0.25) is 0 Å². The lowest BCUT2D eigenvalue weighted by molar-refractivity contribution is -0.122. The molecule has 6 nitrogen and oxygen atoms in total. The predicted molar refractivity (Wildman–Crippen MR) is 99.9 cm³/mol. The van der Waals surface area contributed by atoms with Gasteiger partial charge in [0.05, 0.1) is 20.3 Å². The lowest BCUT2D eigenvalue weighted by atomic mass is 10.1. The molecular formula is C21H22N2O4. The number of rotatable bonds is 5. The zero-order valence-corrected chi connectivity index (χ0v) is 15.5. The number of nitrogens with one attached hydrogen (secondary N) is 1. The quantitative estimate of drug-likeness (QED) is 0.883. The zero-order chi connectivity index (χ0) is 19.0. The van der Waals surface area contributed by atoms with Crippen LogP contribution in [0.1, 0.15) is 39.5 Å². The smallest absolute Gasteiger partial charge is 0.254 e. The van der Waals surface area contributed by atoms with Gasteiger partial charge in [-0.15, -0.1) is 0 Å². The fourth-order valence-electron chi connectivity index (χ4n) is 3.94. The first-order valence-corrected chi connectivity index (χ1v) is 9.02. The van der Waals surface area contributed by atoms with E-state index in [1.54, 1.807) is 19.1 Å². The Morgan fingerprint density at radius 3 is 2.63 bits per heavy atom. The zero-order valence-electron chi connectivity index (χ0n) is 15.5. The Labute approximate surface area is 158 Å². The molecule has 1 aliphatic heterocycles. The lowest BCUT2D eigenvalue weighted by Gasteiger charge is -2.19. The van der Waals surface area contributed by atoms with Gasteiger partial charge in [-0.3, -0.25) is 9.59 Å². The second kappa shape index (κ2) is 6.95. The number of methoxy groups -OCH3 is 2. The molecule has 0 bridgehead atoms. The summed E-state index contributed by atoms with van der Waals surface area (Å²) in [6, 6.07) is 11.3. The monoisotopic (exact) mass is 366 g/mol. The first-order chi connectivity index (χ1) is 13.1. The van der Waals surface area contributed by atoms with Gasteiger partial charge in [0.25, 0.3) is 5.91 Å². The Kier molecular flexibility index (Phi) is 4.48. The summed E-state index contributed by atoms with van der Waals surface area (Å²) in [5, 5.41) is 3.07. The summed E-state index contributed by atoms with van der Waals surface area (Å²) < 4.78 is 10.7. The van der Waals surface area contributed by atoms with Crippen molar-refractivity contribution in [3.8, 4) is 11.5 Å². The van der Waals surface area contributed by atoms with E-state index in [0.29, 0.717) is 23.6 Å². The number of hydrogen-bond donors (Lipinski definition) is 1. The molecule has 0 saturated carbocycles. The standard InChI is InChI=1S/C21H22N2O4/c1-26-18-9-13-7-8-17(16(13)10-19(18)27-2)22-20(24)12-23-11-14-5-3-4-6-15(14)21(23)25/h3-6,9-10,17H,7-8,11-12H2,1-2H3,(H,22,24)/t17-/m0/s1. The molecule has 1 aliphatic carbocycles. The van der Waals surface area contributed by atoms with E-state index in [2.05, 4.69) is 5.32 Å². The normalized spacial score (nSPS) is 17.5. The number of amides is 2. The molecule has 2 amide bonds. The van der Waals surface area contributed by atoms with Gasteiger partial charge < -0.3 is 19.7 Å². The Morgan fingerprint density at radius 2 is 1.89 bits per heavy atom. The summed E-state index contributed by atoms with van der Waals surface area (Å²) in [6.45, 7) is 0.543. The highest BCUT2D eigenvalue weighted by atomic mass is 16.5. The van der Waals surface area contributed by atoms with Gasteiger partial charge in [-0.2, -0.15) is 0 Å². The van der Waals surface area contributed by atoms with Crippen molar-refractivity contribution in [3.05, 3.63) is 58.7 Å². The number of fused-ring (bicyclic) bond motifs is 2. The minimum atomic E-state index is -0.149. The van der Waals surface area contributed by atoms with Gasteiger partial charge in [0.15, 0.2) is 11.5 Å². The predicted octanol–water partition coefficient (Wildman–Crippen LogP) is 2.46. The van der Waals surface area contributed by atoms with Gasteiger partial charge in [0.2, 0.25) is 5.91 Å². The Hall–Kier alpha value is -3.02. The molecule has 1 heterocycles. The maximum Gasteiger partial charge on any atom is 0.254 e. The van der Waals surface area contributed by atoms with Crippen LogP contribution >= 0.6 is 0 Å². The summed E-state index contributed by atoms with van der Waals surface area (Å²) in [7, 11) is 3.22. The topological polar surface area (TPSA) is 67.9 Å². The molecule has 0 aromatic heterocycles. The summed E-state index contributed by atoms with van der Waals surface area (Å²) in [5.41, 5.74) is 3.87. The Balaban J connectivity index is 1.44. The molecule has 140 valence electrons. The fourth-order valence-corrected chi connectivity index (χ4v) is 3.94. The van der Waals surface area contributed by atoms with Crippen LogP contribution in [0, 0.1) is 0 Å². The molecule has 1 N–H and O–H groups in total. The van der Waals surface area contributed by atoms with E-state index in [-0.39, 0.29) is 24.4 Å². The van der Waals surface area contributed by atoms with Crippen LogP contribution in [-0.2, 0) is 17.8 Å². The number of hydrogen-bond acceptors (Lipinski definition) is 4. The second-order valence-electron chi connectivity index (χ2n) is 6.88. The van der Waals surface area contributed by atoms with Crippen molar-refractivity contribution in [3.63, 3.8) is 0 Å². The number of ether oxygens (including phenoxy) is 2. The highest BCUT2D eigenvalue weighted by Gasteiger charge is 2.30. The van der Waals surface area contributed by atoms with E-state index < -0.39 is 0 Å². The number of aryl methyl sites for hydroxylation is 1. The minimum absolute atomic E-state index is 0.0621. The summed E-state index contributed by atoms with van der Waals surface area (Å²) in [4.78, 5) is 26.6. The van der Waals surface area contributed by atoms with Gasteiger partial charge in [-0.1, -0.05) is 18.2 Å². The molecular weight excluding hydrogens is 344 g/mol. The highest BCUT2D eigenvalue weighted by molar-refractivity contribution is 6.00. The summed E-state index contributed by atoms with van der Waals surface area (Å²) in [6.07, 6.45) is 1.69. The molecule has 0 radical (unpaired) electrons. The molecule has 1 atom stereocenters. The average molecular weight is 366 g/mol. The van der Waals surface area contributed by atoms with Crippen molar-refractivity contribution in [2.75, 3.05) is 20.8 Å². The highest BCUT2D eigenvalue weighted by Crippen LogP contribution is 2.39. The number of carbonyl (C=O) groups excluding carboxylic acids is 2. The van der Waals surface area contributed by atoms with E-state index in [1.165, 1.54) is 0 Å². The third kappa shape index (κ3) is 3.12. The van der Waals surface area contributed by atoms with E-state index in [9.17, 15) is 9.59 Å². The number of carbonyl (C=O) groups is 2. The molecule has 2 aromatic rings. The largest absolute Gasteiger partial charge is 0.493 e. The van der Waals surface area contributed by atoms with Crippen molar-refractivity contribution >= 4 is 11.8 Å². The molecule has 27 heavy (non-hydrogen) atoms. The minimum Gasteiger partial charge on any atom is -0.493 e. The van der Waals surface area contributed by atoms with Crippen LogP contribution < -0.4 is 14.8 Å². The number of nitrogens with zero attached hydrogens (tertiary/aromatic N) is 1. The Bertz CT molecular complexity index is 909. The molecule has 0 unspecified atom stereocenters. The average Bonchev–Trinajstić information content (AvgIpc) is 3.21. The maximum absolute atomic E-state index is 12.6. The summed E-state index contributed by atoms with van der Waals surface area (Å²) >= 11 is 0. The molecule has 2 aromatic carbocycles. The van der Waals surface area contributed by atoms with Gasteiger partial charge in [-0.25, -0.2) is 0 Å². The molecule has 2 aliphatic rings. The van der Waals surface area contributed by atoms with Gasteiger partial charge in [0.1, 0.15) is 6.54 Å². The first-order valence-electron chi connectivity index (χ1n) is 9.02. The summed E-state index contributed by atoms with van der Waals surface area (Å²) in [5.74, 6) is 1.12. The van der Waals surface area contributed by atoms with Crippen molar-refractivity contribution in [2.24, 2.45) is 0 Å².